The summed E-state index contributed by atoms with van der Waals surface area (Å²) >= 11 is 0. The van der Waals surface area contributed by atoms with Crippen LogP contribution in [0, 0.1) is 5.92 Å². The Kier molecular flexibility index (Phi) is 1.63. The van der Waals surface area contributed by atoms with Gasteiger partial charge >= 0.3 is 0 Å². The lowest BCUT2D eigenvalue weighted by atomic mass is 9.91. The lowest BCUT2D eigenvalue weighted by Gasteiger charge is -2.27. The van der Waals surface area contributed by atoms with Gasteiger partial charge in [0.1, 0.15) is 11.9 Å². The van der Waals surface area contributed by atoms with Crippen molar-refractivity contribution in [3.63, 3.8) is 0 Å². The fourth-order valence-corrected chi connectivity index (χ4v) is 2.50. The van der Waals surface area contributed by atoms with E-state index < -0.39 is 0 Å². The molecule has 1 aliphatic heterocycles. The van der Waals surface area contributed by atoms with Crippen molar-refractivity contribution >= 4 is 5.78 Å². The SMILES string of the molecule is O=C1c2ccccc2O[C@@H]2CCC[C@H]12. The van der Waals surface area contributed by atoms with Crippen molar-refractivity contribution in [3.05, 3.63) is 29.8 Å². The average Bonchev–Trinajstić information content (AvgIpc) is 2.66. The predicted octanol–water partition coefficient (Wildman–Crippen LogP) is 2.43. The molecule has 0 radical (unpaired) electrons. The maximum atomic E-state index is 12.0. The number of benzene rings is 1. The molecule has 0 aromatic heterocycles. The van der Waals surface area contributed by atoms with Crippen LogP contribution < -0.4 is 4.74 Å². The standard InChI is InChI=1S/C12H12O2/c13-12-8-4-1-2-6-10(8)14-11-7-3-5-9(11)12/h1-2,4,6,9,11H,3,5,7H2/t9-,11+/m0/s1. The van der Waals surface area contributed by atoms with Crippen LogP contribution >= 0.6 is 0 Å². The van der Waals surface area contributed by atoms with Crippen LogP contribution in [0.15, 0.2) is 24.3 Å². The third kappa shape index (κ3) is 0.999. The molecule has 3 rings (SSSR count). The Morgan fingerprint density at radius 3 is 3.00 bits per heavy atom. The molecule has 1 fully saturated rings. The van der Waals surface area contributed by atoms with E-state index in [0.717, 1.165) is 30.6 Å². The predicted molar refractivity (Wildman–Crippen MR) is 52.5 cm³/mol. The summed E-state index contributed by atoms with van der Waals surface area (Å²) in [6.07, 6.45) is 3.30. The Morgan fingerprint density at radius 2 is 2.07 bits per heavy atom. The summed E-state index contributed by atoms with van der Waals surface area (Å²) in [5.74, 6) is 1.19. The number of Topliss-reactive ketones (excluding diaryl/α,β-unsaturated/α-hetero) is 1. The lowest BCUT2D eigenvalue weighted by Crippen LogP contribution is -2.33. The minimum Gasteiger partial charge on any atom is -0.489 e. The third-order valence-corrected chi connectivity index (χ3v) is 3.22. The quantitative estimate of drug-likeness (QED) is 0.625. The van der Waals surface area contributed by atoms with Gasteiger partial charge in [0.15, 0.2) is 5.78 Å². The molecule has 0 unspecified atom stereocenters. The first-order valence-corrected chi connectivity index (χ1v) is 5.16. The molecule has 2 atom stereocenters. The van der Waals surface area contributed by atoms with Gasteiger partial charge in [-0.05, 0) is 31.4 Å². The number of ketones is 1. The van der Waals surface area contributed by atoms with Crippen molar-refractivity contribution in [2.75, 3.05) is 0 Å². The highest BCUT2D eigenvalue weighted by atomic mass is 16.5. The molecule has 1 heterocycles. The van der Waals surface area contributed by atoms with Crippen LogP contribution in [0.25, 0.3) is 0 Å². The van der Waals surface area contributed by atoms with Gasteiger partial charge in [-0.1, -0.05) is 12.1 Å². The number of carbonyl (C=O) groups excluding carboxylic acids is 1. The average molecular weight is 188 g/mol. The van der Waals surface area contributed by atoms with E-state index in [9.17, 15) is 4.79 Å². The molecule has 2 aliphatic rings. The van der Waals surface area contributed by atoms with Gasteiger partial charge in [-0.25, -0.2) is 0 Å². The summed E-state index contributed by atoms with van der Waals surface area (Å²) in [5, 5.41) is 0. The molecule has 14 heavy (non-hydrogen) atoms. The fraction of sp³-hybridized carbons (Fsp3) is 0.417. The number of fused-ring (bicyclic) bond motifs is 2. The number of rotatable bonds is 0. The van der Waals surface area contributed by atoms with Gasteiger partial charge in [0.2, 0.25) is 0 Å². The van der Waals surface area contributed by atoms with Gasteiger partial charge in [0.25, 0.3) is 0 Å². The first-order chi connectivity index (χ1) is 6.86. The molecule has 0 saturated heterocycles. The molecule has 2 heteroatoms. The largest absolute Gasteiger partial charge is 0.489 e. The van der Waals surface area contributed by atoms with Crippen molar-refractivity contribution < 1.29 is 9.53 Å². The van der Waals surface area contributed by atoms with Crippen LogP contribution in [0.2, 0.25) is 0 Å². The Hall–Kier alpha value is -1.31. The van der Waals surface area contributed by atoms with Gasteiger partial charge in [-0.2, -0.15) is 0 Å². The van der Waals surface area contributed by atoms with E-state index in [1.165, 1.54) is 0 Å². The molecule has 2 nitrogen and oxygen atoms in total. The van der Waals surface area contributed by atoms with Crippen LogP contribution in [0.3, 0.4) is 0 Å². The highest BCUT2D eigenvalue weighted by Gasteiger charge is 2.39. The van der Waals surface area contributed by atoms with Gasteiger partial charge in [-0.15, -0.1) is 0 Å². The molecule has 0 amide bonds. The van der Waals surface area contributed by atoms with Gasteiger partial charge in [0, 0.05) is 0 Å². The maximum Gasteiger partial charge on any atom is 0.173 e. The second-order valence-electron chi connectivity index (χ2n) is 4.05. The van der Waals surface area contributed by atoms with Gasteiger partial charge in [-0.3, -0.25) is 4.79 Å². The van der Waals surface area contributed by atoms with Crippen LogP contribution in [0.4, 0.5) is 0 Å². The summed E-state index contributed by atoms with van der Waals surface area (Å²) in [4.78, 5) is 12.0. The van der Waals surface area contributed by atoms with E-state index in [-0.39, 0.29) is 17.8 Å². The number of carbonyl (C=O) groups is 1. The highest BCUT2D eigenvalue weighted by molar-refractivity contribution is 6.01. The summed E-state index contributed by atoms with van der Waals surface area (Å²) in [5.41, 5.74) is 0.774. The Balaban J connectivity index is 2.08. The van der Waals surface area contributed by atoms with Crippen molar-refractivity contribution in [1.29, 1.82) is 0 Å². The Bertz CT molecular complexity index is 384. The Labute approximate surface area is 82.9 Å². The first-order valence-electron chi connectivity index (χ1n) is 5.16. The summed E-state index contributed by atoms with van der Waals surface area (Å²) in [6, 6.07) is 7.57. The number of ether oxygens (including phenoxy) is 1. The normalized spacial score (nSPS) is 29.3. The van der Waals surface area contributed by atoms with E-state index in [1.807, 2.05) is 24.3 Å². The van der Waals surface area contributed by atoms with Crippen molar-refractivity contribution in [2.24, 2.45) is 5.92 Å². The molecular formula is C12H12O2. The zero-order valence-electron chi connectivity index (χ0n) is 7.90. The van der Waals surface area contributed by atoms with E-state index in [1.54, 1.807) is 0 Å². The topological polar surface area (TPSA) is 26.3 Å². The maximum absolute atomic E-state index is 12.0. The van der Waals surface area contributed by atoms with Crippen LogP contribution in [-0.2, 0) is 0 Å². The van der Waals surface area contributed by atoms with Gasteiger partial charge < -0.3 is 4.74 Å². The molecule has 0 N–H and O–H groups in total. The van der Waals surface area contributed by atoms with Crippen molar-refractivity contribution in [2.45, 2.75) is 25.4 Å². The van der Waals surface area contributed by atoms with Crippen LogP contribution in [0.1, 0.15) is 29.6 Å². The van der Waals surface area contributed by atoms with E-state index in [4.69, 9.17) is 4.74 Å². The fourth-order valence-electron chi connectivity index (χ4n) is 2.50. The van der Waals surface area contributed by atoms with E-state index in [2.05, 4.69) is 0 Å². The smallest absolute Gasteiger partial charge is 0.173 e. The minimum atomic E-state index is 0.130. The summed E-state index contributed by atoms with van der Waals surface area (Å²) in [7, 11) is 0. The molecule has 1 saturated carbocycles. The zero-order valence-corrected chi connectivity index (χ0v) is 7.90. The van der Waals surface area contributed by atoms with E-state index in [0.29, 0.717) is 0 Å². The van der Waals surface area contributed by atoms with Crippen molar-refractivity contribution in [3.8, 4) is 5.75 Å². The molecule has 1 aliphatic carbocycles. The first kappa shape index (κ1) is 8.04. The van der Waals surface area contributed by atoms with Gasteiger partial charge in [0.05, 0.1) is 11.5 Å². The van der Waals surface area contributed by atoms with Crippen molar-refractivity contribution in [1.82, 2.24) is 0 Å². The highest BCUT2D eigenvalue weighted by Crippen LogP contribution is 2.38. The monoisotopic (exact) mass is 188 g/mol. The second-order valence-corrected chi connectivity index (χ2v) is 4.05. The molecule has 0 spiro atoms. The number of hydrogen-bond acceptors (Lipinski definition) is 2. The Morgan fingerprint density at radius 1 is 1.21 bits per heavy atom. The second kappa shape index (κ2) is 2.84. The summed E-state index contributed by atoms with van der Waals surface area (Å²) < 4.78 is 5.81. The summed E-state index contributed by atoms with van der Waals surface area (Å²) in [6.45, 7) is 0. The van der Waals surface area contributed by atoms with Crippen LogP contribution in [-0.4, -0.2) is 11.9 Å². The van der Waals surface area contributed by atoms with Crippen LogP contribution in [0.5, 0.6) is 5.75 Å². The molecule has 1 aromatic carbocycles. The molecule has 72 valence electrons. The minimum absolute atomic E-state index is 0.130. The lowest BCUT2D eigenvalue weighted by molar-refractivity contribution is 0.0730. The molecule has 1 aromatic rings. The third-order valence-electron chi connectivity index (χ3n) is 3.22. The molecule has 0 bridgehead atoms. The van der Waals surface area contributed by atoms with E-state index >= 15 is 0 Å². The zero-order chi connectivity index (χ0) is 9.54. The number of hydrogen-bond donors (Lipinski definition) is 0. The molecular weight excluding hydrogens is 176 g/mol. The number of para-hydroxylation sites is 1.